The average molecular weight is 550 g/mol. The predicted molar refractivity (Wildman–Crippen MR) is 145 cm³/mol. The Morgan fingerprint density at radius 1 is 0.829 bits per heavy atom. The zero-order valence-corrected chi connectivity index (χ0v) is 25.0. The van der Waals surface area contributed by atoms with Gasteiger partial charge in [-0.15, -0.1) is 0 Å². The molecule has 35 heavy (non-hydrogen) atoms. The van der Waals surface area contributed by atoms with E-state index in [9.17, 15) is 5.11 Å². The van der Waals surface area contributed by atoms with E-state index >= 15 is 0 Å². The molecule has 0 fully saturated rings. The summed E-state index contributed by atoms with van der Waals surface area (Å²) in [5.41, 5.74) is 4.72. The first kappa shape index (κ1) is 29.5. The van der Waals surface area contributed by atoms with Crippen LogP contribution in [0.4, 0.5) is 5.69 Å². The minimum absolute atomic E-state index is 0. The van der Waals surface area contributed by atoms with Gasteiger partial charge in [-0.1, -0.05) is 89.2 Å². The Labute approximate surface area is 232 Å². The molecule has 0 aliphatic heterocycles. The van der Waals surface area contributed by atoms with Gasteiger partial charge in [-0.05, 0) is 60.9 Å². The molecule has 0 aliphatic rings. The van der Waals surface area contributed by atoms with Crippen LogP contribution in [0, 0.1) is 0 Å². The van der Waals surface area contributed by atoms with Gasteiger partial charge in [0.25, 0.3) is 0 Å². The van der Waals surface area contributed by atoms with Crippen LogP contribution in [0.1, 0.15) is 89.1 Å². The zero-order chi connectivity index (χ0) is 24.9. The van der Waals surface area contributed by atoms with Gasteiger partial charge in [0, 0.05) is 51.1 Å². The van der Waals surface area contributed by atoms with E-state index in [4.69, 9.17) is 4.98 Å². The molecule has 1 heterocycles. The van der Waals surface area contributed by atoms with Crippen LogP contribution < -0.4 is 4.90 Å². The van der Waals surface area contributed by atoms with E-state index in [0.29, 0.717) is 31.2 Å². The van der Waals surface area contributed by atoms with Crippen LogP contribution in [0.2, 0.25) is 0 Å². The summed E-state index contributed by atoms with van der Waals surface area (Å²) in [7, 11) is 0. The molecule has 4 heteroatoms. The van der Waals surface area contributed by atoms with Crippen molar-refractivity contribution in [2.45, 2.75) is 84.3 Å². The van der Waals surface area contributed by atoms with Crippen LogP contribution >= 0.6 is 0 Å². The third kappa shape index (κ3) is 6.92. The van der Waals surface area contributed by atoms with Crippen LogP contribution in [0.5, 0.6) is 0 Å². The van der Waals surface area contributed by atoms with Gasteiger partial charge >= 0.3 is 0 Å². The Morgan fingerprint density at radius 2 is 1.40 bits per heavy atom. The van der Waals surface area contributed by atoms with Crippen molar-refractivity contribution in [3.8, 4) is 0 Å². The summed E-state index contributed by atoms with van der Waals surface area (Å²) in [6.07, 6.45) is 3.14. The first-order valence-corrected chi connectivity index (χ1v) is 12.7. The van der Waals surface area contributed by atoms with Gasteiger partial charge in [-0.3, -0.25) is 4.98 Å². The van der Waals surface area contributed by atoms with E-state index in [-0.39, 0.29) is 26.2 Å². The van der Waals surface area contributed by atoms with Crippen molar-refractivity contribution < 1.29 is 31.3 Å². The summed E-state index contributed by atoms with van der Waals surface area (Å²) in [5, 5.41) is 12.0. The molecular formula is C31H42N2OZr. The number of benzene rings is 2. The standard InChI is InChI=1S/C31H42N2O.Zr/c1-8-31(34,21-25-15-10-9-11-16-25)22-33(30(6,7)28-19-12-13-20-32-28)29-26(23(2)3)17-14-18-27(29)24(4)5;/h9-20,23-24,34H,8,21-22H2,1-7H3;. The molecule has 3 aromatic rings. The fraction of sp³-hybridized carbons (Fsp3) is 0.452. The summed E-state index contributed by atoms with van der Waals surface area (Å²) in [6.45, 7) is 16.1. The fourth-order valence-corrected chi connectivity index (χ4v) is 4.81. The van der Waals surface area contributed by atoms with Gasteiger partial charge in [0.1, 0.15) is 0 Å². The second kappa shape index (κ2) is 12.5. The number of aliphatic hydroxyl groups is 1. The topological polar surface area (TPSA) is 36.4 Å². The summed E-state index contributed by atoms with van der Waals surface area (Å²) in [5.74, 6) is 0.721. The summed E-state index contributed by atoms with van der Waals surface area (Å²) in [6, 6.07) is 23.1. The van der Waals surface area contributed by atoms with Gasteiger partial charge < -0.3 is 10.0 Å². The van der Waals surface area contributed by atoms with Crippen molar-refractivity contribution in [1.82, 2.24) is 4.98 Å². The molecule has 0 bridgehead atoms. The maximum atomic E-state index is 12.0. The van der Waals surface area contributed by atoms with Crippen molar-refractivity contribution >= 4 is 5.69 Å². The number of pyridine rings is 1. The molecule has 0 aliphatic carbocycles. The van der Waals surface area contributed by atoms with Crippen LogP contribution in [0.15, 0.2) is 72.9 Å². The molecule has 1 aromatic heterocycles. The minimum atomic E-state index is -0.883. The average Bonchev–Trinajstić information content (AvgIpc) is 2.83. The fourth-order valence-electron chi connectivity index (χ4n) is 4.81. The maximum absolute atomic E-state index is 12.0. The second-order valence-corrected chi connectivity index (χ2v) is 10.7. The van der Waals surface area contributed by atoms with Crippen LogP contribution in [0.25, 0.3) is 0 Å². The van der Waals surface area contributed by atoms with E-state index in [2.05, 4.69) is 95.8 Å². The van der Waals surface area contributed by atoms with Crippen LogP contribution in [-0.4, -0.2) is 22.2 Å². The van der Waals surface area contributed by atoms with E-state index < -0.39 is 11.1 Å². The van der Waals surface area contributed by atoms with Gasteiger partial charge in [0.05, 0.1) is 16.8 Å². The summed E-state index contributed by atoms with van der Waals surface area (Å²) >= 11 is 0. The normalized spacial score (nSPS) is 13.4. The first-order valence-electron chi connectivity index (χ1n) is 12.7. The molecule has 2 aromatic carbocycles. The number of para-hydroxylation sites is 1. The molecule has 3 rings (SSSR count). The number of hydrogen-bond acceptors (Lipinski definition) is 3. The molecule has 0 spiro atoms. The van der Waals surface area contributed by atoms with Crippen LogP contribution in [-0.2, 0) is 38.2 Å². The van der Waals surface area contributed by atoms with Crippen LogP contribution in [0.3, 0.4) is 0 Å². The van der Waals surface area contributed by atoms with Gasteiger partial charge in [-0.2, -0.15) is 0 Å². The molecule has 3 nitrogen and oxygen atoms in total. The number of rotatable bonds is 10. The second-order valence-electron chi connectivity index (χ2n) is 10.7. The Balaban J connectivity index is 0.00000432. The first-order chi connectivity index (χ1) is 16.1. The van der Waals surface area contributed by atoms with Gasteiger partial charge in [0.2, 0.25) is 0 Å². The molecule has 1 unspecified atom stereocenters. The quantitative estimate of drug-likeness (QED) is 0.285. The number of nitrogens with zero attached hydrogens (tertiary/aromatic N) is 2. The summed E-state index contributed by atoms with van der Waals surface area (Å²) < 4.78 is 0. The van der Waals surface area contributed by atoms with Gasteiger partial charge in [-0.25, -0.2) is 0 Å². The third-order valence-corrected chi connectivity index (χ3v) is 7.07. The molecule has 0 amide bonds. The van der Waals surface area contributed by atoms with E-state index in [1.165, 1.54) is 16.8 Å². The van der Waals surface area contributed by atoms with Crippen molar-refractivity contribution in [2.24, 2.45) is 0 Å². The molecule has 1 N–H and O–H groups in total. The van der Waals surface area contributed by atoms with Crippen molar-refractivity contribution in [3.05, 3.63) is 95.3 Å². The third-order valence-electron chi connectivity index (χ3n) is 7.07. The molecule has 0 radical (unpaired) electrons. The molecular weight excluding hydrogens is 508 g/mol. The van der Waals surface area contributed by atoms with Gasteiger partial charge in [0.15, 0.2) is 0 Å². The van der Waals surface area contributed by atoms with Crippen molar-refractivity contribution in [2.75, 3.05) is 11.4 Å². The zero-order valence-electron chi connectivity index (χ0n) is 22.5. The van der Waals surface area contributed by atoms with E-state index in [0.717, 1.165) is 11.3 Å². The monoisotopic (exact) mass is 548 g/mol. The minimum Gasteiger partial charge on any atom is -0.388 e. The Kier molecular flexibility index (Phi) is 10.5. The number of hydrogen-bond donors (Lipinski definition) is 1. The number of aromatic nitrogens is 1. The molecule has 0 saturated carbocycles. The predicted octanol–water partition coefficient (Wildman–Crippen LogP) is 7.45. The van der Waals surface area contributed by atoms with Crippen molar-refractivity contribution in [3.63, 3.8) is 0 Å². The largest absolute Gasteiger partial charge is 0.388 e. The van der Waals surface area contributed by atoms with E-state index in [1.807, 2.05) is 30.5 Å². The SMILES string of the molecule is CCC(O)(Cc1ccccc1)CN(c1c(C(C)C)cccc1C(C)C)C(C)(C)c1ccccn1.[Zr]. The maximum Gasteiger partial charge on any atom is 0.0859 e. The Bertz CT molecular complexity index is 1020. The number of anilines is 1. The summed E-state index contributed by atoms with van der Waals surface area (Å²) in [4.78, 5) is 7.20. The Hall–Kier alpha value is -1.77. The molecule has 0 saturated heterocycles. The molecule has 186 valence electrons. The van der Waals surface area contributed by atoms with E-state index in [1.54, 1.807) is 0 Å². The molecule has 1 atom stereocenters. The smallest absolute Gasteiger partial charge is 0.0859 e. The van der Waals surface area contributed by atoms with Crippen molar-refractivity contribution in [1.29, 1.82) is 0 Å². The Morgan fingerprint density at radius 3 is 1.89 bits per heavy atom.